The lowest BCUT2D eigenvalue weighted by Gasteiger charge is -2.15. The van der Waals surface area contributed by atoms with Crippen LogP contribution in [0.15, 0.2) is 16.3 Å². The van der Waals surface area contributed by atoms with Crippen molar-refractivity contribution in [2.75, 3.05) is 26.7 Å². The molecule has 1 aliphatic heterocycles. The Hall–Kier alpha value is -0.140. The van der Waals surface area contributed by atoms with Gasteiger partial charge in [0.2, 0.25) is 0 Å². The van der Waals surface area contributed by atoms with Gasteiger partial charge in [-0.25, -0.2) is 8.42 Å². The zero-order valence-electron chi connectivity index (χ0n) is 10.5. The van der Waals surface area contributed by atoms with Crippen LogP contribution in [0.5, 0.6) is 0 Å². The van der Waals surface area contributed by atoms with Crippen LogP contribution in [0.2, 0.25) is 0 Å². The number of aryl methyl sites for hydroxylation is 1. The van der Waals surface area contributed by atoms with Gasteiger partial charge in [-0.2, -0.15) is 4.31 Å². The molecule has 0 saturated carbocycles. The number of hydrogen-bond donors (Lipinski definition) is 1. The van der Waals surface area contributed by atoms with Crippen LogP contribution < -0.4 is 5.32 Å². The number of rotatable bonds is 4. The first kappa shape index (κ1) is 15.9. The fraction of sp³-hybridized carbons (Fsp3) is 0.636. The molecular weight excluding hydrogens is 292 g/mol. The molecule has 7 heteroatoms. The molecule has 1 fully saturated rings. The highest BCUT2D eigenvalue weighted by Gasteiger charge is 2.32. The van der Waals surface area contributed by atoms with Crippen LogP contribution in [0.4, 0.5) is 0 Å². The van der Waals surface area contributed by atoms with Gasteiger partial charge in [-0.3, -0.25) is 0 Å². The Balaban J connectivity index is 0.00000162. The summed E-state index contributed by atoms with van der Waals surface area (Å²) in [4.78, 5) is 1.04. The van der Waals surface area contributed by atoms with Crippen LogP contribution in [-0.4, -0.2) is 39.4 Å². The summed E-state index contributed by atoms with van der Waals surface area (Å²) in [6, 6.07) is 3.57. The van der Waals surface area contributed by atoms with Crippen LogP contribution in [0.3, 0.4) is 0 Å². The molecule has 2 rings (SSSR count). The standard InChI is InChI=1S/C11H18N2O2S2.ClH/c1-9-3-4-11(16-9)17(14,15)13-6-5-10(8-13)7-12-2;/h3-4,10,12H,5-8H2,1-2H3;1H. The molecule has 4 nitrogen and oxygen atoms in total. The minimum Gasteiger partial charge on any atom is -0.319 e. The van der Waals surface area contributed by atoms with Crippen molar-refractivity contribution in [3.8, 4) is 0 Å². The fourth-order valence-electron chi connectivity index (χ4n) is 2.15. The molecule has 18 heavy (non-hydrogen) atoms. The second-order valence-electron chi connectivity index (χ2n) is 4.44. The average Bonchev–Trinajstić information content (AvgIpc) is 2.88. The Kier molecular flexibility index (Phi) is 5.61. The molecule has 1 atom stereocenters. The summed E-state index contributed by atoms with van der Waals surface area (Å²) in [5.41, 5.74) is 0. The molecule has 0 aliphatic carbocycles. The SMILES string of the molecule is CNCC1CCN(S(=O)(=O)c2ccc(C)s2)C1.Cl. The fourth-order valence-corrected chi connectivity index (χ4v) is 5.12. The minimum atomic E-state index is -3.25. The van der Waals surface area contributed by atoms with Crippen molar-refractivity contribution in [1.29, 1.82) is 0 Å². The van der Waals surface area contributed by atoms with Gasteiger partial charge in [0.05, 0.1) is 0 Å². The molecule has 0 spiro atoms. The van der Waals surface area contributed by atoms with Crippen molar-refractivity contribution in [2.24, 2.45) is 5.92 Å². The van der Waals surface area contributed by atoms with E-state index in [2.05, 4.69) is 5.32 Å². The lowest BCUT2D eigenvalue weighted by Crippen LogP contribution is -2.29. The predicted octanol–water partition coefficient (Wildman–Crippen LogP) is 1.71. The lowest BCUT2D eigenvalue weighted by atomic mass is 10.1. The molecule has 104 valence electrons. The van der Waals surface area contributed by atoms with Crippen molar-refractivity contribution in [2.45, 2.75) is 17.6 Å². The highest BCUT2D eigenvalue weighted by atomic mass is 35.5. The normalized spacial score (nSPS) is 20.9. The Labute approximate surface area is 119 Å². The summed E-state index contributed by atoms with van der Waals surface area (Å²) >= 11 is 1.35. The molecule has 1 aromatic heterocycles. The van der Waals surface area contributed by atoms with E-state index in [1.807, 2.05) is 20.0 Å². The van der Waals surface area contributed by atoms with E-state index >= 15 is 0 Å². The van der Waals surface area contributed by atoms with Crippen LogP contribution in [-0.2, 0) is 10.0 Å². The number of sulfonamides is 1. The van der Waals surface area contributed by atoms with E-state index in [0.29, 0.717) is 23.2 Å². The van der Waals surface area contributed by atoms with Crippen molar-refractivity contribution < 1.29 is 8.42 Å². The van der Waals surface area contributed by atoms with Gasteiger partial charge in [-0.15, -0.1) is 23.7 Å². The summed E-state index contributed by atoms with van der Waals surface area (Å²) in [5, 5.41) is 3.11. The monoisotopic (exact) mass is 310 g/mol. The molecule has 2 heterocycles. The minimum absolute atomic E-state index is 0. The molecule has 1 unspecified atom stereocenters. The predicted molar refractivity (Wildman–Crippen MR) is 77.1 cm³/mol. The first-order valence-electron chi connectivity index (χ1n) is 5.75. The van der Waals surface area contributed by atoms with Crippen molar-refractivity contribution in [3.05, 3.63) is 17.0 Å². The van der Waals surface area contributed by atoms with E-state index in [1.165, 1.54) is 11.3 Å². The Bertz CT molecular complexity index is 487. The van der Waals surface area contributed by atoms with Gasteiger partial charge in [0, 0.05) is 18.0 Å². The van der Waals surface area contributed by atoms with E-state index < -0.39 is 10.0 Å². The molecule has 0 aromatic carbocycles. The lowest BCUT2D eigenvalue weighted by molar-refractivity contribution is 0.452. The largest absolute Gasteiger partial charge is 0.319 e. The molecule has 1 aliphatic rings. The van der Waals surface area contributed by atoms with Gasteiger partial charge in [-0.1, -0.05) is 0 Å². The van der Waals surface area contributed by atoms with Crippen LogP contribution in [0, 0.1) is 12.8 Å². The maximum atomic E-state index is 12.3. The van der Waals surface area contributed by atoms with E-state index in [1.54, 1.807) is 10.4 Å². The summed E-state index contributed by atoms with van der Waals surface area (Å²) in [7, 11) is -1.34. The first-order chi connectivity index (χ1) is 8.04. The summed E-state index contributed by atoms with van der Waals surface area (Å²) in [5.74, 6) is 0.441. The van der Waals surface area contributed by atoms with Gasteiger partial charge >= 0.3 is 0 Å². The molecule has 1 aromatic rings. The number of thiophene rings is 1. The summed E-state index contributed by atoms with van der Waals surface area (Å²) in [6.07, 6.45) is 0.949. The van der Waals surface area contributed by atoms with Gasteiger partial charge < -0.3 is 5.32 Å². The second kappa shape index (κ2) is 6.34. The topological polar surface area (TPSA) is 49.4 Å². The third kappa shape index (κ3) is 3.24. The quantitative estimate of drug-likeness (QED) is 0.921. The molecule has 1 N–H and O–H groups in total. The Morgan fingerprint density at radius 1 is 1.50 bits per heavy atom. The smallest absolute Gasteiger partial charge is 0.252 e. The van der Waals surface area contributed by atoms with E-state index in [9.17, 15) is 8.42 Å². The van der Waals surface area contributed by atoms with Crippen molar-refractivity contribution in [3.63, 3.8) is 0 Å². The van der Waals surface area contributed by atoms with Gasteiger partial charge in [-0.05, 0) is 45.0 Å². The van der Waals surface area contributed by atoms with Gasteiger partial charge in [0.25, 0.3) is 10.0 Å². The molecule has 0 amide bonds. The zero-order chi connectivity index (χ0) is 12.5. The maximum absolute atomic E-state index is 12.3. The average molecular weight is 311 g/mol. The highest BCUT2D eigenvalue weighted by molar-refractivity contribution is 7.91. The second-order valence-corrected chi connectivity index (χ2v) is 7.89. The highest BCUT2D eigenvalue weighted by Crippen LogP contribution is 2.28. The first-order valence-corrected chi connectivity index (χ1v) is 8.01. The molecule has 0 radical (unpaired) electrons. The third-order valence-corrected chi connectivity index (χ3v) is 6.38. The van der Waals surface area contributed by atoms with Gasteiger partial charge in [0.15, 0.2) is 0 Å². The van der Waals surface area contributed by atoms with Crippen molar-refractivity contribution >= 4 is 33.8 Å². The number of halogens is 1. The number of nitrogens with zero attached hydrogens (tertiary/aromatic N) is 1. The zero-order valence-corrected chi connectivity index (χ0v) is 13.0. The summed E-state index contributed by atoms with van der Waals surface area (Å²) in [6.45, 7) is 4.10. The summed E-state index contributed by atoms with van der Waals surface area (Å²) < 4.78 is 26.7. The Morgan fingerprint density at radius 3 is 2.78 bits per heavy atom. The van der Waals surface area contributed by atoms with Crippen LogP contribution in [0.1, 0.15) is 11.3 Å². The molecule has 1 saturated heterocycles. The molecular formula is C11H19ClN2O2S2. The Morgan fingerprint density at radius 2 is 2.22 bits per heavy atom. The van der Waals surface area contributed by atoms with E-state index in [4.69, 9.17) is 0 Å². The number of hydrogen-bond acceptors (Lipinski definition) is 4. The molecule has 0 bridgehead atoms. The van der Waals surface area contributed by atoms with E-state index in [0.717, 1.165) is 17.8 Å². The van der Waals surface area contributed by atoms with E-state index in [-0.39, 0.29) is 12.4 Å². The van der Waals surface area contributed by atoms with Crippen LogP contribution in [0.25, 0.3) is 0 Å². The van der Waals surface area contributed by atoms with Crippen molar-refractivity contribution in [1.82, 2.24) is 9.62 Å². The maximum Gasteiger partial charge on any atom is 0.252 e. The van der Waals surface area contributed by atoms with Crippen LogP contribution >= 0.6 is 23.7 Å². The third-order valence-electron chi connectivity index (χ3n) is 3.05. The number of nitrogens with one attached hydrogen (secondary N) is 1. The van der Waals surface area contributed by atoms with Gasteiger partial charge in [0.1, 0.15) is 4.21 Å².